The number of carbonyl (C=O) groups is 1. The van der Waals surface area contributed by atoms with Gasteiger partial charge in [0.2, 0.25) is 0 Å². The van der Waals surface area contributed by atoms with Gasteiger partial charge in [-0.3, -0.25) is 0 Å². The molecular formula is C16H32N2O3. The van der Waals surface area contributed by atoms with Gasteiger partial charge >= 0.3 is 6.09 Å². The topological polar surface area (TPSA) is 59.6 Å². The Kier molecular flexibility index (Phi) is 7.46. The quantitative estimate of drug-likeness (QED) is 0.792. The summed E-state index contributed by atoms with van der Waals surface area (Å²) in [6.45, 7) is 8.31. The first-order chi connectivity index (χ1) is 9.85. The van der Waals surface area contributed by atoms with Gasteiger partial charge in [0, 0.05) is 25.7 Å². The van der Waals surface area contributed by atoms with E-state index in [9.17, 15) is 4.79 Å². The van der Waals surface area contributed by atoms with E-state index in [0.29, 0.717) is 12.6 Å². The van der Waals surface area contributed by atoms with E-state index < -0.39 is 5.60 Å². The summed E-state index contributed by atoms with van der Waals surface area (Å²) in [6, 6.07) is 0.632. The van der Waals surface area contributed by atoms with Gasteiger partial charge in [-0.25, -0.2) is 4.79 Å². The van der Waals surface area contributed by atoms with Gasteiger partial charge in [0.05, 0.1) is 6.10 Å². The number of carbonyl (C=O) groups excluding carboxylic acids is 1. The molecule has 1 rings (SSSR count). The van der Waals surface area contributed by atoms with E-state index in [4.69, 9.17) is 9.47 Å². The lowest BCUT2D eigenvalue weighted by molar-refractivity contribution is 0.0362. The molecule has 0 heterocycles. The molecule has 5 heteroatoms. The van der Waals surface area contributed by atoms with Crippen LogP contribution in [0.5, 0.6) is 0 Å². The second-order valence-corrected chi connectivity index (χ2v) is 6.82. The van der Waals surface area contributed by atoms with Crippen molar-refractivity contribution < 1.29 is 14.3 Å². The van der Waals surface area contributed by atoms with Crippen LogP contribution in [-0.4, -0.2) is 43.5 Å². The highest BCUT2D eigenvalue weighted by atomic mass is 16.6. The van der Waals surface area contributed by atoms with Crippen molar-refractivity contribution in [3.63, 3.8) is 0 Å². The van der Waals surface area contributed by atoms with Crippen LogP contribution in [0, 0.1) is 0 Å². The Balaban J connectivity index is 2.38. The maximum atomic E-state index is 11.7. The van der Waals surface area contributed by atoms with Crippen LogP contribution >= 0.6 is 0 Å². The Morgan fingerprint density at radius 2 is 1.95 bits per heavy atom. The van der Waals surface area contributed by atoms with Gasteiger partial charge in [-0.15, -0.1) is 0 Å². The highest BCUT2D eigenvalue weighted by Gasteiger charge is 2.26. The number of hydrogen-bond donors (Lipinski definition) is 2. The summed E-state index contributed by atoms with van der Waals surface area (Å²) in [5, 5.41) is 6.48. The highest BCUT2D eigenvalue weighted by molar-refractivity contribution is 5.67. The van der Waals surface area contributed by atoms with Crippen LogP contribution in [0.2, 0.25) is 0 Å². The third kappa shape index (κ3) is 7.14. The summed E-state index contributed by atoms with van der Waals surface area (Å²) in [4.78, 5) is 11.7. The Bertz CT molecular complexity index is 315. The summed E-state index contributed by atoms with van der Waals surface area (Å²) in [5.41, 5.74) is -0.455. The molecule has 1 aliphatic carbocycles. The third-order valence-electron chi connectivity index (χ3n) is 3.84. The zero-order chi connectivity index (χ0) is 15.9. The molecule has 0 bridgehead atoms. The summed E-state index contributed by atoms with van der Waals surface area (Å²) in [5.74, 6) is 0. The molecule has 21 heavy (non-hydrogen) atoms. The molecule has 5 nitrogen and oxygen atoms in total. The lowest BCUT2D eigenvalue weighted by Crippen LogP contribution is -2.51. The lowest BCUT2D eigenvalue weighted by atomic mass is 9.91. The average molecular weight is 300 g/mol. The fraction of sp³-hybridized carbons (Fsp3) is 0.938. The Labute approximate surface area is 129 Å². The minimum absolute atomic E-state index is 0.248. The second-order valence-electron chi connectivity index (χ2n) is 6.82. The van der Waals surface area contributed by atoms with E-state index in [1.807, 2.05) is 20.8 Å². The standard InChI is InChI=1S/C16H32N2O3/c1-6-12(11-17-15(19)21-16(2,3)4)18-13-9-7-8-10-14(13)20-5/h12-14,18H,6-11H2,1-5H3,(H,17,19). The van der Waals surface area contributed by atoms with Gasteiger partial charge in [0.1, 0.15) is 5.60 Å². The van der Waals surface area contributed by atoms with Gasteiger partial charge in [0.15, 0.2) is 0 Å². The van der Waals surface area contributed by atoms with Crippen molar-refractivity contribution in [1.82, 2.24) is 10.6 Å². The molecule has 1 amide bonds. The Morgan fingerprint density at radius 3 is 2.52 bits per heavy atom. The average Bonchev–Trinajstić information content (AvgIpc) is 2.42. The van der Waals surface area contributed by atoms with Crippen LogP contribution in [0.1, 0.15) is 59.8 Å². The molecule has 1 aliphatic rings. The molecule has 0 aromatic rings. The van der Waals surface area contributed by atoms with E-state index in [0.717, 1.165) is 19.3 Å². The van der Waals surface area contributed by atoms with Crippen LogP contribution in [-0.2, 0) is 9.47 Å². The predicted octanol–water partition coefficient (Wildman–Crippen LogP) is 2.84. The number of rotatable bonds is 6. The zero-order valence-corrected chi connectivity index (χ0v) is 14.2. The van der Waals surface area contributed by atoms with E-state index in [1.165, 1.54) is 12.8 Å². The first kappa shape index (κ1) is 18.2. The van der Waals surface area contributed by atoms with Crippen LogP contribution in [0.15, 0.2) is 0 Å². The minimum Gasteiger partial charge on any atom is -0.444 e. The fourth-order valence-electron chi connectivity index (χ4n) is 2.71. The summed E-state index contributed by atoms with van der Waals surface area (Å²) in [7, 11) is 1.78. The van der Waals surface area contributed by atoms with Gasteiger partial charge in [-0.05, 0) is 40.0 Å². The van der Waals surface area contributed by atoms with Crippen LogP contribution < -0.4 is 10.6 Å². The summed E-state index contributed by atoms with van der Waals surface area (Å²) >= 11 is 0. The van der Waals surface area contributed by atoms with Crippen molar-refractivity contribution in [3.05, 3.63) is 0 Å². The van der Waals surface area contributed by atoms with Crippen molar-refractivity contribution in [1.29, 1.82) is 0 Å². The largest absolute Gasteiger partial charge is 0.444 e. The van der Waals surface area contributed by atoms with Gasteiger partial charge < -0.3 is 20.1 Å². The molecule has 3 unspecified atom stereocenters. The molecule has 3 atom stereocenters. The van der Waals surface area contributed by atoms with Crippen LogP contribution in [0.25, 0.3) is 0 Å². The normalized spacial score (nSPS) is 24.4. The maximum absolute atomic E-state index is 11.7. The van der Waals surface area contributed by atoms with Crippen molar-refractivity contribution in [2.24, 2.45) is 0 Å². The Morgan fingerprint density at radius 1 is 1.29 bits per heavy atom. The van der Waals surface area contributed by atoms with Crippen LogP contribution in [0.3, 0.4) is 0 Å². The smallest absolute Gasteiger partial charge is 0.407 e. The molecule has 0 radical (unpaired) electrons. The zero-order valence-electron chi connectivity index (χ0n) is 14.2. The molecule has 1 fully saturated rings. The fourth-order valence-corrected chi connectivity index (χ4v) is 2.71. The number of methoxy groups -OCH3 is 1. The first-order valence-corrected chi connectivity index (χ1v) is 8.11. The number of nitrogens with one attached hydrogen (secondary N) is 2. The Hall–Kier alpha value is -0.810. The van der Waals surface area contributed by atoms with Gasteiger partial charge in [-0.2, -0.15) is 0 Å². The van der Waals surface area contributed by atoms with E-state index >= 15 is 0 Å². The molecule has 0 aromatic heterocycles. The molecule has 2 N–H and O–H groups in total. The van der Waals surface area contributed by atoms with Crippen molar-refractivity contribution >= 4 is 6.09 Å². The molecule has 0 aromatic carbocycles. The SMILES string of the molecule is CCC(CNC(=O)OC(C)(C)C)NC1CCCCC1OC. The molecular weight excluding hydrogens is 268 g/mol. The predicted molar refractivity (Wildman–Crippen MR) is 84.5 cm³/mol. The monoisotopic (exact) mass is 300 g/mol. The summed E-state index contributed by atoms with van der Waals surface area (Å²) < 4.78 is 10.8. The van der Waals surface area contributed by atoms with E-state index in [2.05, 4.69) is 17.6 Å². The summed E-state index contributed by atoms with van der Waals surface area (Å²) in [6.07, 6.45) is 5.63. The molecule has 0 saturated heterocycles. The number of hydrogen-bond acceptors (Lipinski definition) is 4. The number of ether oxygens (including phenoxy) is 2. The molecule has 124 valence electrons. The van der Waals surface area contributed by atoms with E-state index in [1.54, 1.807) is 7.11 Å². The molecule has 0 spiro atoms. The van der Waals surface area contributed by atoms with Crippen LogP contribution in [0.4, 0.5) is 4.79 Å². The number of amides is 1. The second kappa shape index (κ2) is 8.59. The highest BCUT2D eigenvalue weighted by Crippen LogP contribution is 2.21. The van der Waals surface area contributed by atoms with Crippen molar-refractivity contribution in [2.45, 2.75) is 83.6 Å². The van der Waals surface area contributed by atoms with Gasteiger partial charge in [-0.1, -0.05) is 19.8 Å². The van der Waals surface area contributed by atoms with E-state index in [-0.39, 0.29) is 18.2 Å². The van der Waals surface area contributed by atoms with Crippen molar-refractivity contribution in [2.75, 3.05) is 13.7 Å². The maximum Gasteiger partial charge on any atom is 0.407 e. The first-order valence-electron chi connectivity index (χ1n) is 8.11. The van der Waals surface area contributed by atoms with Crippen molar-refractivity contribution in [3.8, 4) is 0 Å². The number of alkyl carbamates (subject to hydrolysis) is 1. The van der Waals surface area contributed by atoms with Gasteiger partial charge in [0.25, 0.3) is 0 Å². The molecule has 0 aliphatic heterocycles. The minimum atomic E-state index is -0.455. The third-order valence-corrected chi connectivity index (χ3v) is 3.84. The lowest BCUT2D eigenvalue weighted by Gasteiger charge is -2.34. The molecule has 1 saturated carbocycles.